The predicted molar refractivity (Wildman–Crippen MR) is 97.9 cm³/mol. The van der Waals surface area contributed by atoms with Gasteiger partial charge >= 0.3 is 0 Å². The molecule has 2 fully saturated rings. The molecule has 0 bridgehead atoms. The first-order valence-corrected chi connectivity index (χ1v) is 8.99. The molecule has 0 aliphatic carbocycles. The minimum absolute atomic E-state index is 0.0693. The lowest BCUT2D eigenvalue weighted by molar-refractivity contribution is -0.119. The van der Waals surface area contributed by atoms with Crippen LogP contribution in [0, 0.1) is 0 Å². The highest BCUT2D eigenvalue weighted by molar-refractivity contribution is 6.42. The summed E-state index contributed by atoms with van der Waals surface area (Å²) in [5.74, 6) is 0.130. The van der Waals surface area contributed by atoms with Gasteiger partial charge in [-0.15, -0.1) is 0 Å². The Hall–Kier alpha value is -1.26. The number of benzene rings is 2. The van der Waals surface area contributed by atoms with Crippen molar-refractivity contribution in [1.29, 1.82) is 0 Å². The quantitative estimate of drug-likeness (QED) is 0.717. The summed E-state index contributed by atoms with van der Waals surface area (Å²) in [6.07, 6.45) is 1.75. The van der Waals surface area contributed by atoms with Crippen molar-refractivity contribution in [3.05, 3.63) is 63.1 Å². The Morgan fingerprint density at radius 2 is 1.71 bits per heavy atom. The van der Waals surface area contributed by atoms with E-state index in [2.05, 4.69) is 4.90 Å². The second kappa shape index (κ2) is 6.23. The molecular formula is C18H15Cl3N2O. The molecule has 2 aromatic rings. The maximum absolute atomic E-state index is 13.0. The highest BCUT2D eigenvalue weighted by Gasteiger charge is 2.49. The second-order valence-corrected chi connectivity index (χ2v) is 7.38. The molecule has 2 aliphatic rings. The zero-order valence-corrected chi connectivity index (χ0v) is 15.0. The summed E-state index contributed by atoms with van der Waals surface area (Å²) in [6, 6.07) is 12.9. The summed E-state index contributed by atoms with van der Waals surface area (Å²) in [4.78, 5) is 17.1. The number of carbonyl (C=O) groups excluding carboxylic acids is 1. The summed E-state index contributed by atoms with van der Waals surface area (Å²) >= 11 is 18.3. The van der Waals surface area contributed by atoms with E-state index in [1.54, 1.807) is 18.2 Å². The van der Waals surface area contributed by atoms with Crippen molar-refractivity contribution in [3.8, 4) is 0 Å². The average Bonchev–Trinajstić information content (AvgIpc) is 3.14. The molecule has 4 rings (SSSR count). The second-order valence-electron chi connectivity index (χ2n) is 6.13. The first-order chi connectivity index (χ1) is 11.6. The highest BCUT2D eigenvalue weighted by Crippen LogP contribution is 2.43. The molecule has 0 aromatic heterocycles. The van der Waals surface area contributed by atoms with E-state index in [1.807, 2.05) is 29.2 Å². The van der Waals surface area contributed by atoms with Crippen LogP contribution in [-0.2, 0) is 4.79 Å². The van der Waals surface area contributed by atoms with E-state index in [9.17, 15) is 4.79 Å². The third kappa shape index (κ3) is 2.60. The Morgan fingerprint density at radius 1 is 0.958 bits per heavy atom. The van der Waals surface area contributed by atoms with Gasteiger partial charge in [0.05, 0.1) is 16.1 Å². The lowest BCUT2D eigenvalue weighted by Gasteiger charge is -2.30. The molecule has 2 heterocycles. The summed E-state index contributed by atoms with van der Waals surface area (Å²) < 4.78 is 0. The monoisotopic (exact) mass is 380 g/mol. The third-order valence-electron chi connectivity index (χ3n) is 4.72. The summed E-state index contributed by atoms with van der Waals surface area (Å²) in [5.41, 5.74) is 1.81. The molecule has 2 unspecified atom stereocenters. The van der Waals surface area contributed by atoms with Crippen LogP contribution in [-0.4, -0.2) is 23.4 Å². The van der Waals surface area contributed by atoms with Gasteiger partial charge in [-0.2, -0.15) is 0 Å². The van der Waals surface area contributed by atoms with Gasteiger partial charge in [-0.05, 0) is 54.8 Å². The van der Waals surface area contributed by atoms with Crippen LogP contribution in [0.4, 0.5) is 5.69 Å². The van der Waals surface area contributed by atoms with Gasteiger partial charge in [0.25, 0.3) is 0 Å². The molecule has 0 spiro atoms. The number of hydrogen-bond acceptors (Lipinski definition) is 2. The molecule has 0 saturated carbocycles. The number of carbonyl (C=O) groups is 1. The van der Waals surface area contributed by atoms with Crippen molar-refractivity contribution < 1.29 is 4.79 Å². The lowest BCUT2D eigenvalue weighted by atomic mass is 10.1. The normalized spacial score (nSPS) is 23.8. The predicted octanol–water partition coefficient (Wildman–Crippen LogP) is 5.16. The zero-order valence-electron chi connectivity index (χ0n) is 12.8. The smallest absolute Gasteiger partial charge is 0.246 e. The molecule has 0 radical (unpaired) electrons. The van der Waals surface area contributed by atoms with E-state index in [-0.39, 0.29) is 18.1 Å². The first kappa shape index (κ1) is 16.2. The number of rotatable bonds is 2. The van der Waals surface area contributed by atoms with Crippen LogP contribution in [0.15, 0.2) is 42.5 Å². The minimum atomic E-state index is -0.166. The Balaban J connectivity index is 1.81. The van der Waals surface area contributed by atoms with Gasteiger partial charge in [-0.3, -0.25) is 14.6 Å². The van der Waals surface area contributed by atoms with Crippen molar-refractivity contribution in [3.63, 3.8) is 0 Å². The maximum Gasteiger partial charge on any atom is 0.246 e. The van der Waals surface area contributed by atoms with E-state index in [1.165, 1.54) is 0 Å². The summed E-state index contributed by atoms with van der Waals surface area (Å²) in [6.45, 7) is 0.894. The van der Waals surface area contributed by atoms with Crippen LogP contribution in [0.3, 0.4) is 0 Å². The molecule has 3 nitrogen and oxygen atoms in total. The fraction of sp³-hybridized carbons (Fsp3) is 0.278. The Bertz CT molecular complexity index is 793. The van der Waals surface area contributed by atoms with Crippen molar-refractivity contribution >= 4 is 46.4 Å². The van der Waals surface area contributed by atoms with E-state index in [0.717, 1.165) is 30.6 Å². The maximum atomic E-state index is 13.0. The first-order valence-electron chi connectivity index (χ1n) is 7.85. The fourth-order valence-corrected chi connectivity index (χ4v) is 4.09. The van der Waals surface area contributed by atoms with Gasteiger partial charge in [0.15, 0.2) is 0 Å². The molecular weight excluding hydrogens is 367 g/mol. The van der Waals surface area contributed by atoms with Gasteiger partial charge in [0.1, 0.15) is 6.17 Å². The van der Waals surface area contributed by atoms with Gasteiger partial charge < -0.3 is 0 Å². The van der Waals surface area contributed by atoms with Crippen LogP contribution >= 0.6 is 34.8 Å². The molecule has 124 valence electrons. The van der Waals surface area contributed by atoms with Gasteiger partial charge in [0, 0.05) is 17.3 Å². The summed E-state index contributed by atoms with van der Waals surface area (Å²) in [5, 5.41) is 1.66. The van der Waals surface area contributed by atoms with Crippen LogP contribution in [0.25, 0.3) is 0 Å². The Morgan fingerprint density at radius 3 is 2.42 bits per heavy atom. The standard InChI is InChI=1S/C18H15Cl3N2O/c19-12-4-6-13(7-5-12)23-17(11-3-8-14(20)15(21)10-11)22-9-1-2-16(22)18(23)24/h3-8,10,16-17H,1-2,9H2. The van der Waals surface area contributed by atoms with Crippen LogP contribution < -0.4 is 4.90 Å². The molecule has 1 amide bonds. The van der Waals surface area contributed by atoms with Crippen LogP contribution in [0.2, 0.25) is 15.1 Å². The molecule has 0 N–H and O–H groups in total. The van der Waals surface area contributed by atoms with Gasteiger partial charge in [-0.1, -0.05) is 40.9 Å². The van der Waals surface area contributed by atoms with Crippen molar-refractivity contribution in [2.45, 2.75) is 25.0 Å². The molecule has 2 aromatic carbocycles. The van der Waals surface area contributed by atoms with E-state index >= 15 is 0 Å². The summed E-state index contributed by atoms with van der Waals surface area (Å²) in [7, 11) is 0. The molecule has 2 saturated heterocycles. The van der Waals surface area contributed by atoms with Crippen molar-refractivity contribution in [1.82, 2.24) is 4.90 Å². The largest absolute Gasteiger partial charge is 0.291 e. The molecule has 2 atom stereocenters. The third-order valence-corrected chi connectivity index (χ3v) is 5.71. The van der Waals surface area contributed by atoms with Crippen molar-refractivity contribution in [2.24, 2.45) is 0 Å². The number of hydrogen-bond donors (Lipinski definition) is 0. The number of fused-ring (bicyclic) bond motifs is 1. The van der Waals surface area contributed by atoms with Crippen LogP contribution in [0.1, 0.15) is 24.6 Å². The van der Waals surface area contributed by atoms with Gasteiger partial charge in [-0.25, -0.2) is 0 Å². The Kier molecular flexibility index (Phi) is 4.21. The topological polar surface area (TPSA) is 23.6 Å². The van der Waals surface area contributed by atoms with Crippen LogP contribution in [0.5, 0.6) is 0 Å². The minimum Gasteiger partial charge on any atom is -0.291 e. The fourth-order valence-electron chi connectivity index (χ4n) is 3.66. The Labute approximate surface area is 155 Å². The van der Waals surface area contributed by atoms with Crippen molar-refractivity contribution in [2.75, 3.05) is 11.4 Å². The lowest BCUT2D eigenvalue weighted by Crippen LogP contribution is -2.32. The number of halogens is 3. The zero-order chi connectivity index (χ0) is 16.8. The van der Waals surface area contributed by atoms with E-state index < -0.39 is 0 Å². The number of amides is 1. The molecule has 24 heavy (non-hydrogen) atoms. The number of anilines is 1. The van der Waals surface area contributed by atoms with E-state index in [4.69, 9.17) is 34.8 Å². The average molecular weight is 382 g/mol. The SMILES string of the molecule is O=C1C2CCCN2C(c2ccc(Cl)c(Cl)c2)N1c1ccc(Cl)cc1. The van der Waals surface area contributed by atoms with E-state index in [0.29, 0.717) is 15.1 Å². The van der Waals surface area contributed by atoms with Gasteiger partial charge in [0.2, 0.25) is 5.91 Å². The number of nitrogens with zero attached hydrogens (tertiary/aromatic N) is 2. The molecule has 6 heteroatoms. The highest BCUT2D eigenvalue weighted by atomic mass is 35.5. The molecule has 2 aliphatic heterocycles.